The zero-order chi connectivity index (χ0) is 4.50. The van der Waals surface area contributed by atoms with Crippen LogP contribution in [0.2, 0.25) is 0 Å². The Morgan fingerprint density at radius 2 is 0.857 bits per heavy atom. The largest absolute Gasteiger partial charge is 4.00 e. The number of hydrogen-bond acceptors (Lipinski definition) is 4. The average molecular weight is 151 g/mol. The van der Waals surface area contributed by atoms with Crippen molar-refractivity contribution in [3.8, 4) is 0 Å². The molecule has 4 nitrogen and oxygen atoms in total. The summed E-state index contributed by atoms with van der Waals surface area (Å²) in [5, 5.41) is 0. The van der Waals surface area contributed by atoms with E-state index in [2.05, 4.69) is 0 Å². The first-order valence-electron chi connectivity index (χ1n) is 0.894. The van der Waals surface area contributed by atoms with Crippen LogP contribution in [-0.2, 0) is 0 Å². The van der Waals surface area contributed by atoms with Crippen molar-refractivity contribution in [1.82, 2.24) is 0 Å². The van der Waals surface area contributed by atoms with Crippen molar-refractivity contribution in [3.05, 3.63) is 0 Å². The van der Waals surface area contributed by atoms with Gasteiger partial charge in [0.1, 0.15) is 0 Å². The Morgan fingerprint density at radius 1 is 0.857 bits per heavy atom. The van der Waals surface area contributed by atoms with E-state index < -0.39 is 9.05 Å². The summed E-state index contributed by atoms with van der Waals surface area (Å²) >= 11 is 0. The first kappa shape index (κ1) is 15.7. The molecule has 0 saturated carbocycles. The van der Waals surface area contributed by atoms with E-state index in [0.29, 0.717) is 0 Å². The molecule has 0 aromatic carbocycles. The topological polar surface area (TPSA) is 80.9 Å². The van der Waals surface area contributed by atoms with Crippen LogP contribution < -0.4 is 0 Å². The van der Waals surface area contributed by atoms with Crippen molar-refractivity contribution in [2.24, 2.45) is 0 Å². The molecule has 32 valence electrons. The molecule has 0 unspecified atom stereocenters. The molecule has 0 aliphatic carbocycles. The summed E-state index contributed by atoms with van der Waals surface area (Å²) in [7, 11) is -4.61. The van der Waals surface area contributed by atoms with Gasteiger partial charge < -0.3 is 19.2 Å². The quantitative estimate of drug-likeness (QED) is 0.272. The van der Waals surface area contributed by atoms with Crippen molar-refractivity contribution in [3.63, 3.8) is 0 Å². The van der Waals surface area contributed by atoms with Gasteiger partial charge in [-0.3, -0.25) is 0 Å². The fourth-order valence-corrected chi connectivity index (χ4v) is 0. The van der Waals surface area contributed by atoms with Gasteiger partial charge in [-0.2, -0.15) is 0 Å². The van der Waals surface area contributed by atoms with Crippen LogP contribution in [0.3, 0.4) is 0 Å². The summed E-state index contributed by atoms with van der Waals surface area (Å²) < 4.78 is 0. The zero-order valence-electron chi connectivity index (χ0n) is 3.37. The van der Waals surface area contributed by atoms with E-state index in [4.69, 9.17) is 19.2 Å². The smallest absolute Gasteiger partial charge is 0.368 e. The molecule has 0 heterocycles. The predicted octanol–water partition coefficient (Wildman–Crippen LogP) is -3.37. The van der Waals surface area contributed by atoms with Gasteiger partial charge in [0.2, 0.25) is 0 Å². The molecule has 7 heavy (non-hydrogen) atoms. The molecule has 0 aliphatic heterocycles. The summed E-state index contributed by atoms with van der Waals surface area (Å²) in [4.78, 5) is 29.3. The Bertz CT molecular complexity index is 25.2. The maximum absolute atomic E-state index is 7.33. The normalized spacial score (nSPS) is 8.57. The molecule has 0 atom stereocenters. The SMILES string of the molecule is O[Si](O)(O)O.[Al+3].[Si+4]. The summed E-state index contributed by atoms with van der Waals surface area (Å²) in [6.07, 6.45) is 0. The predicted molar refractivity (Wildman–Crippen MR) is 26.1 cm³/mol. The second kappa shape index (κ2) is 4.95. The summed E-state index contributed by atoms with van der Waals surface area (Å²) in [6, 6.07) is 0. The van der Waals surface area contributed by atoms with Gasteiger partial charge in [-0.1, -0.05) is 0 Å². The molecule has 0 spiro atoms. The third-order valence-electron chi connectivity index (χ3n) is 0. The second-order valence-corrected chi connectivity index (χ2v) is 1.80. The van der Waals surface area contributed by atoms with Crippen LogP contribution in [0.5, 0.6) is 0 Å². The molecule has 7 heteroatoms. The van der Waals surface area contributed by atoms with E-state index in [0.717, 1.165) is 0 Å². The van der Waals surface area contributed by atoms with E-state index >= 15 is 0 Å². The van der Waals surface area contributed by atoms with Gasteiger partial charge in [0.25, 0.3) is 0 Å². The molecule has 0 aliphatic rings. The summed E-state index contributed by atoms with van der Waals surface area (Å²) in [6.45, 7) is 0. The molecule has 4 N–H and O–H groups in total. The molecule has 0 aromatic heterocycles. The van der Waals surface area contributed by atoms with E-state index in [1.807, 2.05) is 0 Å². The number of rotatable bonds is 0. The molecule has 0 saturated heterocycles. The van der Waals surface area contributed by atoms with Gasteiger partial charge in [0, 0.05) is 0 Å². The van der Waals surface area contributed by atoms with Crippen LogP contribution >= 0.6 is 0 Å². The van der Waals surface area contributed by atoms with Crippen LogP contribution in [0.4, 0.5) is 0 Å². The van der Waals surface area contributed by atoms with Gasteiger partial charge in [-0.25, -0.2) is 0 Å². The van der Waals surface area contributed by atoms with Crippen LogP contribution in [-0.4, -0.2) is 56.6 Å². The molecule has 0 amide bonds. The van der Waals surface area contributed by atoms with Crippen LogP contribution in [0.15, 0.2) is 0 Å². The van der Waals surface area contributed by atoms with E-state index in [1.54, 1.807) is 0 Å². The second-order valence-electron chi connectivity index (χ2n) is 0.600. The van der Waals surface area contributed by atoms with Crippen molar-refractivity contribution in [2.75, 3.05) is 0 Å². The van der Waals surface area contributed by atoms with Gasteiger partial charge in [0.05, 0.1) is 0 Å². The molecular formula is H4AlO4Si2+7. The van der Waals surface area contributed by atoms with E-state index in [-0.39, 0.29) is 28.3 Å². The monoisotopic (exact) mass is 151 g/mol. The van der Waals surface area contributed by atoms with E-state index in [9.17, 15) is 0 Å². The summed E-state index contributed by atoms with van der Waals surface area (Å²) in [5.74, 6) is 0. The fraction of sp³-hybridized carbons (Fsp3) is 0. The molecule has 0 bridgehead atoms. The maximum atomic E-state index is 7.33. The molecule has 0 rings (SSSR count). The van der Waals surface area contributed by atoms with Crippen molar-refractivity contribution < 1.29 is 19.2 Å². The Balaban J connectivity index is -0.0000000800. The van der Waals surface area contributed by atoms with Crippen molar-refractivity contribution in [2.45, 2.75) is 0 Å². The molecule has 0 fully saturated rings. The van der Waals surface area contributed by atoms with E-state index in [1.165, 1.54) is 0 Å². The molecule has 0 aromatic rings. The minimum atomic E-state index is -4.61. The number of hydrogen-bond donors (Lipinski definition) is 4. The third kappa shape index (κ3) is 242. The first-order valence-corrected chi connectivity index (χ1v) is 2.68. The standard InChI is InChI=1S/Al.H4O4Si.Si/c;1-5(2,3)4;/h;1-4H;/q+3;;+4. The van der Waals surface area contributed by atoms with Gasteiger partial charge in [-0.15, -0.1) is 0 Å². The Morgan fingerprint density at radius 3 is 0.857 bits per heavy atom. The fourth-order valence-electron chi connectivity index (χ4n) is 0. The Labute approximate surface area is 57.1 Å². The summed E-state index contributed by atoms with van der Waals surface area (Å²) in [5.41, 5.74) is 0. The Kier molecular flexibility index (Phi) is 11.1. The van der Waals surface area contributed by atoms with Crippen LogP contribution in [0.1, 0.15) is 0 Å². The minimum absolute atomic E-state index is 0. The van der Waals surface area contributed by atoms with Gasteiger partial charge >= 0.3 is 37.4 Å². The van der Waals surface area contributed by atoms with Crippen molar-refractivity contribution in [1.29, 1.82) is 0 Å². The zero-order valence-corrected chi connectivity index (χ0v) is 6.52. The Hall–Kier alpha value is 0.806. The van der Waals surface area contributed by atoms with Gasteiger partial charge in [0.15, 0.2) is 0 Å². The van der Waals surface area contributed by atoms with Crippen molar-refractivity contribution >= 4 is 37.4 Å². The first-order chi connectivity index (χ1) is 2.00. The van der Waals surface area contributed by atoms with Gasteiger partial charge in [-0.05, 0) is 0 Å². The molecule has 0 radical (unpaired) electrons. The van der Waals surface area contributed by atoms with Crippen LogP contribution in [0, 0.1) is 0 Å². The maximum Gasteiger partial charge on any atom is 4.00 e. The molecular weight excluding hydrogens is 147 g/mol. The van der Waals surface area contributed by atoms with Crippen LogP contribution in [0.25, 0.3) is 0 Å². The third-order valence-corrected chi connectivity index (χ3v) is 0. The average Bonchev–Trinajstić information content (AvgIpc) is 0.722. The minimum Gasteiger partial charge on any atom is -0.368 e.